The maximum absolute atomic E-state index is 11.1. The maximum atomic E-state index is 11.1. The van der Waals surface area contributed by atoms with Gasteiger partial charge >= 0.3 is 6.09 Å². The van der Waals surface area contributed by atoms with E-state index in [9.17, 15) is 4.79 Å². The number of hydrogen-bond donors (Lipinski definition) is 1. The van der Waals surface area contributed by atoms with E-state index in [4.69, 9.17) is 19.9 Å². The van der Waals surface area contributed by atoms with Crippen molar-refractivity contribution in [3.05, 3.63) is 30.1 Å². The molecule has 6 heteroatoms. The van der Waals surface area contributed by atoms with Gasteiger partial charge in [-0.2, -0.15) is 0 Å². The Labute approximate surface area is 105 Å². The standard InChI is InChI=1S/C12H16N2O4/c1-11(2)16-7-12(8-17-11,18-10(13)15)9-4-3-5-14-6-9/h3-6H,7-8H2,1-2H3,(H2,13,15). The number of hydrogen-bond acceptors (Lipinski definition) is 5. The highest BCUT2D eigenvalue weighted by Gasteiger charge is 2.44. The van der Waals surface area contributed by atoms with E-state index in [-0.39, 0.29) is 13.2 Å². The third-order valence-corrected chi connectivity index (χ3v) is 2.79. The predicted octanol–water partition coefficient (Wildman–Crippen LogP) is 1.16. The van der Waals surface area contributed by atoms with Gasteiger partial charge in [0.05, 0.1) is 13.2 Å². The third-order valence-electron chi connectivity index (χ3n) is 2.79. The molecule has 0 unspecified atom stereocenters. The molecular formula is C12H16N2O4. The fraction of sp³-hybridized carbons (Fsp3) is 0.500. The molecule has 1 amide bonds. The first-order valence-corrected chi connectivity index (χ1v) is 5.60. The number of ether oxygens (including phenoxy) is 3. The number of carbonyl (C=O) groups excluding carboxylic acids is 1. The average molecular weight is 252 g/mol. The second kappa shape index (κ2) is 4.55. The monoisotopic (exact) mass is 252 g/mol. The van der Waals surface area contributed by atoms with Crippen LogP contribution in [0.2, 0.25) is 0 Å². The molecule has 1 aliphatic heterocycles. The van der Waals surface area contributed by atoms with Gasteiger partial charge in [0.25, 0.3) is 0 Å². The van der Waals surface area contributed by atoms with Gasteiger partial charge in [0.2, 0.25) is 0 Å². The molecule has 0 aliphatic carbocycles. The molecule has 6 nitrogen and oxygen atoms in total. The summed E-state index contributed by atoms with van der Waals surface area (Å²) in [5.74, 6) is -0.702. The summed E-state index contributed by atoms with van der Waals surface area (Å²) in [6.45, 7) is 3.94. The Morgan fingerprint density at radius 3 is 2.61 bits per heavy atom. The van der Waals surface area contributed by atoms with Crippen molar-refractivity contribution < 1.29 is 19.0 Å². The van der Waals surface area contributed by atoms with Crippen molar-refractivity contribution in [2.24, 2.45) is 5.73 Å². The quantitative estimate of drug-likeness (QED) is 0.853. The van der Waals surface area contributed by atoms with Crippen LogP contribution in [-0.4, -0.2) is 30.1 Å². The number of amides is 1. The summed E-state index contributed by atoms with van der Waals surface area (Å²) in [6.07, 6.45) is 2.37. The molecule has 98 valence electrons. The summed E-state index contributed by atoms with van der Waals surface area (Å²) < 4.78 is 16.3. The minimum Gasteiger partial charge on any atom is -0.433 e. The van der Waals surface area contributed by atoms with Gasteiger partial charge in [-0.1, -0.05) is 6.07 Å². The molecule has 1 saturated heterocycles. The summed E-state index contributed by atoms with van der Waals surface area (Å²) in [5, 5.41) is 0. The molecule has 1 aromatic heterocycles. The fourth-order valence-corrected chi connectivity index (χ4v) is 1.77. The van der Waals surface area contributed by atoms with E-state index in [2.05, 4.69) is 4.98 Å². The molecular weight excluding hydrogens is 236 g/mol. The van der Waals surface area contributed by atoms with Crippen LogP contribution in [0.3, 0.4) is 0 Å². The van der Waals surface area contributed by atoms with Gasteiger partial charge in [-0.25, -0.2) is 4.79 Å². The average Bonchev–Trinajstić information content (AvgIpc) is 2.33. The molecule has 0 bridgehead atoms. The number of rotatable bonds is 2. The fourth-order valence-electron chi connectivity index (χ4n) is 1.77. The molecule has 0 saturated carbocycles. The predicted molar refractivity (Wildman–Crippen MR) is 62.6 cm³/mol. The zero-order valence-corrected chi connectivity index (χ0v) is 10.4. The van der Waals surface area contributed by atoms with E-state index >= 15 is 0 Å². The number of primary amides is 1. The Hall–Kier alpha value is -1.66. The molecule has 1 fully saturated rings. The van der Waals surface area contributed by atoms with Crippen molar-refractivity contribution in [3.8, 4) is 0 Å². The van der Waals surface area contributed by atoms with E-state index < -0.39 is 17.5 Å². The van der Waals surface area contributed by atoms with Crippen molar-refractivity contribution in [3.63, 3.8) is 0 Å². The number of nitrogens with two attached hydrogens (primary N) is 1. The van der Waals surface area contributed by atoms with Crippen LogP contribution in [0.5, 0.6) is 0 Å². The first-order chi connectivity index (χ1) is 8.44. The van der Waals surface area contributed by atoms with Crippen LogP contribution in [-0.2, 0) is 19.8 Å². The second-order valence-corrected chi connectivity index (χ2v) is 4.63. The SMILES string of the molecule is CC1(C)OCC(OC(N)=O)(c2cccnc2)CO1. The van der Waals surface area contributed by atoms with Crippen molar-refractivity contribution in [2.45, 2.75) is 25.2 Å². The molecule has 2 heterocycles. The molecule has 18 heavy (non-hydrogen) atoms. The van der Waals surface area contributed by atoms with Gasteiger partial charge in [-0.3, -0.25) is 4.98 Å². The zero-order valence-electron chi connectivity index (χ0n) is 10.4. The summed E-state index contributed by atoms with van der Waals surface area (Å²) >= 11 is 0. The van der Waals surface area contributed by atoms with E-state index in [1.165, 1.54) is 0 Å². The van der Waals surface area contributed by atoms with Crippen molar-refractivity contribution in [2.75, 3.05) is 13.2 Å². The zero-order chi connectivity index (χ0) is 13.2. The lowest BCUT2D eigenvalue weighted by Gasteiger charge is -2.42. The molecule has 0 radical (unpaired) electrons. The van der Waals surface area contributed by atoms with Gasteiger partial charge in [0.15, 0.2) is 11.4 Å². The highest BCUT2D eigenvalue weighted by molar-refractivity contribution is 5.65. The van der Waals surface area contributed by atoms with Crippen LogP contribution in [0.15, 0.2) is 24.5 Å². The summed E-state index contributed by atoms with van der Waals surface area (Å²) in [4.78, 5) is 15.1. The Kier molecular flexibility index (Phi) is 3.23. The smallest absolute Gasteiger partial charge is 0.405 e. The van der Waals surface area contributed by atoms with Gasteiger partial charge in [0.1, 0.15) is 0 Å². The highest BCUT2D eigenvalue weighted by atomic mass is 16.7. The van der Waals surface area contributed by atoms with E-state index in [1.807, 2.05) is 0 Å². The van der Waals surface area contributed by atoms with E-state index in [0.717, 1.165) is 0 Å². The Morgan fingerprint density at radius 1 is 1.44 bits per heavy atom. The molecule has 0 aromatic carbocycles. The summed E-state index contributed by atoms with van der Waals surface area (Å²) in [6, 6.07) is 3.54. The van der Waals surface area contributed by atoms with Gasteiger partial charge in [0, 0.05) is 18.0 Å². The van der Waals surface area contributed by atoms with Gasteiger partial charge in [-0.05, 0) is 19.9 Å². The normalized spacial score (nSPS) is 21.2. The number of nitrogens with zero attached hydrogens (tertiary/aromatic N) is 1. The minimum atomic E-state index is -1.03. The van der Waals surface area contributed by atoms with E-state index in [0.29, 0.717) is 5.56 Å². The van der Waals surface area contributed by atoms with Gasteiger partial charge in [-0.15, -0.1) is 0 Å². The first kappa shape index (κ1) is 12.8. The van der Waals surface area contributed by atoms with E-state index in [1.54, 1.807) is 38.4 Å². The van der Waals surface area contributed by atoms with Crippen molar-refractivity contribution in [1.29, 1.82) is 0 Å². The van der Waals surface area contributed by atoms with Crippen LogP contribution < -0.4 is 5.73 Å². The van der Waals surface area contributed by atoms with Crippen LogP contribution in [0, 0.1) is 0 Å². The van der Waals surface area contributed by atoms with Crippen LogP contribution >= 0.6 is 0 Å². The van der Waals surface area contributed by atoms with Crippen molar-refractivity contribution >= 4 is 6.09 Å². The molecule has 2 N–H and O–H groups in total. The van der Waals surface area contributed by atoms with Crippen LogP contribution in [0.1, 0.15) is 19.4 Å². The maximum Gasteiger partial charge on any atom is 0.405 e. The lowest BCUT2D eigenvalue weighted by atomic mass is 9.95. The van der Waals surface area contributed by atoms with Crippen molar-refractivity contribution in [1.82, 2.24) is 4.98 Å². The lowest BCUT2D eigenvalue weighted by Crippen LogP contribution is -2.52. The second-order valence-electron chi connectivity index (χ2n) is 4.63. The molecule has 1 aliphatic rings. The third kappa shape index (κ3) is 2.60. The minimum absolute atomic E-state index is 0.175. The Bertz CT molecular complexity index is 423. The largest absolute Gasteiger partial charge is 0.433 e. The Morgan fingerprint density at radius 2 is 2.11 bits per heavy atom. The molecule has 0 atom stereocenters. The Balaban J connectivity index is 2.28. The number of carbonyl (C=O) groups is 1. The topological polar surface area (TPSA) is 83.7 Å². The molecule has 1 aromatic rings. The van der Waals surface area contributed by atoms with Crippen LogP contribution in [0.4, 0.5) is 4.79 Å². The molecule has 2 rings (SSSR count). The summed E-state index contributed by atoms with van der Waals surface area (Å²) in [7, 11) is 0. The number of pyridine rings is 1. The summed E-state index contributed by atoms with van der Waals surface area (Å²) in [5.41, 5.74) is 4.78. The lowest BCUT2D eigenvalue weighted by molar-refractivity contribution is -0.303. The van der Waals surface area contributed by atoms with Crippen LogP contribution in [0.25, 0.3) is 0 Å². The van der Waals surface area contributed by atoms with Gasteiger partial charge < -0.3 is 19.9 Å². The highest BCUT2D eigenvalue weighted by Crippen LogP contribution is 2.33. The number of aromatic nitrogens is 1. The first-order valence-electron chi connectivity index (χ1n) is 5.60. The molecule has 0 spiro atoms.